The predicted octanol–water partition coefficient (Wildman–Crippen LogP) is 4.93. The molecule has 4 aromatic heterocycles. The van der Waals surface area contributed by atoms with Gasteiger partial charge in [-0.3, -0.25) is 14.8 Å². The van der Waals surface area contributed by atoms with Gasteiger partial charge in [0.05, 0.1) is 21.8 Å². The first-order valence-electron chi connectivity index (χ1n) is 8.54. The molecule has 1 atom stereocenters. The summed E-state index contributed by atoms with van der Waals surface area (Å²) >= 11 is 12.4. The first kappa shape index (κ1) is 19.5. The third-order valence-corrected chi connectivity index (χ3v) is 4.81. The maximum atomic E-state index is 12.6. The van der Waals surface area contributed by atoms with Crippen LogP contribution in [0.4, 0.5) is 8.78 Å². The molecule has 0 fully saturated rings. The van der Waals surface area contributed by atoms with Crippen LogP contribution in [0.5, 0.6) is 5.88 Å². The summed E-state index contributed by atoms with van der Waals surface area (Å²) in [5.74, 6) is 0.330. The average Bonchev–Trinajstić information content (AvgIpc) is 3.27. The van der Waals surface area contributed by atoms with Crippen molar-refractivity contribution in [1.29, 1.82) is 0 Å². The zero-order valence-corrected chi connectivity index (χ0v) is 16.5. The summed E-state index contributed by atoms with van der Waals surface area (Å²) in [6, 6.07) is 3.45. The predicted molar refractivity (Wildman–Crippen MR) is 104 cm³/mol. The van der Waals surface area contributed by atoms with Crippen LogP contribution in [-0.2, 0) is 6.54 Å². The Labute approximate surface area is 173 Å². The number of hydrogen-bond donors (Lipinski definition) is 1. The SMILES string of the molecule is C[C@@H](Oc1ccc2[nH]nc(-c3cnn(CC(F)F)c3)c2n1)c1c(Cl)cncc1Cl. The zero-order valence-electron chi connectivity index (χ0n) is 15.0. The van der Waals surface area contributed by atoms with Crippen LogP contribution >= 0.6 is 23.2 Å². The Morgan fingerprint density at radius 3 is 2.66 bits per heavy atom. The van der Waals surface area contributed by atoms with Crippen LogP contribution in [0.1, 0.15) is 18.6 Å². The van der Waals surface area contributed by atoms with E-state index in [0.717, 1.165) is 4.68 Å². The third kappa shape index (κ3) is 4.01. The molecule has 0 aliphatic heterocycles. The molecular weight excluding hydrogens is 425 g/mol. The van der Waals surface area contributed by atoms with Crippen molar-refractivity contribution in [2.24, 2.45) is 0 Å². The highest BCUT2D eigenvalue weighted by Crippen LogP contribution is 2.33. The van der Waals surface area contributed by atoms with Crippen LogP contribution in [-0.4, -0.2) is 36.4 Å². The highest BCUT2D eigenvalue weighted by atomic mass is 35.5. The molecule has 0 aliphatic carbocycles. The lowest BCUT2D eigenvalue weighted by Gasteiger charge is -2.16. The Bertz CT molecular complexity index is 1140. The average molecular weight is 439 g/mol. The summed E-state index contributed by atoms with van der Waals surface area (Å²) in [5.41, 5.74) is 2.85. The lowest BCUT2D eigenvalue weighted by molar-refractivity contribution is 0.122. The fourth-order valence-electron chi connectivity index (χ4n) is 2.92. The maximum absolute atomic E-state index is 12.6. The van der Waals surface area contributed by atoms with Crippen LogP contribution < -0.4 is 4.74 Å². The van der Waals surface area contributed by atoms with Gasteiger partial charge >= 0.3 is 0 Å². The molecule has 4 aromatic rings. The smallest absolute Gasteiger partial charge is 0.257 e. The molecule has 0 bridgehead atoms. The van der Waals surface area contributed by atoms with Crippen molar-refractivity contribution in [2.45, 2.75) is 26.0 Å². The van der Waals surface area contributed by atoms with Gasteiger partial charge in [-0.25, -0.2) is 13.8 Å². The summed E-state index contributed by atoms with van der Waals surface area (Å²) in [5, 5.41) is 11.8. The summed E-state index contributed by atoms with van der Waals surface area (Å²) < 4.78 is 32.2. The highest BCUT2D eigenvalue weighted by Gasteiger charge is 2.18. The van der Waals surface area contributed by atoms with E-state index in [1.165, 1.54) is 24.8 Å². The van der Waals surface area contributed by atoms with Crippen molar-refractivity contribution in [3.8, 4) is 17.1 Å². The number of nitrogens with one attached hydrogen (secondary N) is 1. The third-order valence-electron chi connectivity index (χ3n) is 4.21. The molecule has 150 valence electrons. The summed E-state index contributed by atoms with van der Waals surface area (Å²) in [4.78, 5) is 8.43. The van der Waals surface area contributed by atoms with Crippen LogP contribution in [0.3, 0.4) is 0 Å². The quantitative estimate of drug-likeness (QED) is 0.461. The lowest BCUT2D eigenvalue weighted by atomic mass is 10.2. The van der Waals surface area contributed by atoms with Crippen molar-refractivity contribution in [2.75, 3.05) is 0 Å². The van der Waals surface area contributed by atoms with E-state index in [1.54, 1.807) is 19.1 Å². The number of fused-ring (bicyclic) bond motifs is 1. The molecule has 4 heterocycles. The largest absolute Gasteiger partial charge is 0.470 e. The fraction of sp³-hybridized carbons (Fsp3) is 0.222. The van der Waals surface area contributed by atoms with Crippen LogP contribution in [0.25, 0.3) is 22.3 Å². The second kappa shape index (κ2) is 7.92. The maximum Gasteiger partial charge on any atom is 0.257 e. The number of pyridine rings is 2. The molecule has 1 N–H and O–H groups in total. The molecule has 0 spiro atoms. The summed E-state index contributed by atoms with van der Waals surface area (Å²) in [6.45, 7) is 1.30. The number of halogens is 4. The number of alkyl halides is 2. The molecular formula is C18H14Cl2F2N6O. The van der Waals surface area contributed by atoms with E-state index < -0.39 is 19.1 Å². The van der Waals surface area contributed by atoms with Crippen LogP contribution in [0.15, 0.2) is 36.9 Å². The second-order valence-electron chi connectivity index (χ2n) is 6.24. The monoisotopic (exact) mass is 438 g/mol. The normalized spacial score (nSPS) is 12.6. The highest BCUT2D eigenvalue weighted by molar-refractivity contribution is 6.35. The number of aromatic amines is 1. The van der Waals surface area contributed by atoms with Crippen LogP contribution in [0, 0.1) is 0 Å². The molecule has 11 heteroatoms. The van der Waals surface area contributed by atoms with E-state index in [4.69, 9.17) is 27.9 Å². The van der Waals surface area contributed by atoms with Gasteiger partial charge in [0.15, 0.2) is 0 Å². The number of hydrogen-bond acceptors (Lipinski definition) is 5. The number of nitrogens with zero attached hydrogens (tertiary/aromatic N) is 5. The summed E-state index contributed by atoms with van der Waals surface area (Å²) in [6.07, 6.45) is 2.97. The number of H-pyrrole nitrogens is 1. The first-order valence-corrected chi connectivity index (χ1v) is 9.29. The number of rotatable bonds is 6. The standard InChI is InChI=1S/C18H14Cl2F2N6O/c1-9(16-11(19)5-23-6-12(16)20)29-15-3-2-13-18(25-15)17(27-26-13)10-4-24-28(7-10)8-14(21)22/h2-7,9,14H,8H2,1H3,(H,26,27)/t9-/m1/s1. The van der Waals surface area contributed by atoms with E-state index in [9.17, 15) is 8.78 Å². The van der Waals surface area contributed by atoms with Gasteiger partial charge in [-0.1, -0.05) is 23.2 Å². The zero-order chi connectivity index (χ0) is 20.5. The molecule has 0 radical (unpaired) electrons. The van der Waals surface area contributed by atoms with Crippen molar-refractivity contribution in [1.82, 2.24) is 29.9 Å². The summed E-state index contributed by atoms with van der Waals surface area (Å²) in [7, 11) is 0. The molecule has 0 unspecified atom stereocenters. The van der Waals surface area contributed by atoms with E-state index in [0.29, 0.717) is 43.8 Å². The molecule has 0 saturated carbocycles. The van der Waals surface area contributed by atoms with Gasteiger partial charge in [0, 0.05) is 35.8 Å². The van der Waals surface area contributed by atoms with Gasteiger partial charge in [0.25, 0.3) is 6.43 Å². The van der Waals surface area contributed by atoms with Gasteiger partial charge in [0.1, 0.15) is 23.9 Å². The Morgan fingerprint density at radius 2 is 1.93 bits per heavy atom. The van der Waals surface area contributed by atoms with E-state index in [2.05, 4.69) is 25.3 Å². The Hall–Kier alpha value is -2.78. The Morgan fingerprint density at radius 1 is 1.17 bits per heavy atom. The number of ether oxygens (including phenoxy) is 1. The van der Waals surface area contributed by atoms with E-state index in [-0.39, 0.29) is 0 Å². The number of aromatic nitrogens is 6. The molecule has 0 saturated heterocycles. The minimum absolute atomic E-state index is 0.330. The Balaban J connectivity index is 1.64. The lowest BCUT2D eigenvalue weighted by Crippen LogP contribution is -2.06. The minimum atomic E-state index is -2.50. The molecule has 0 aliphatic rings. The Kier molecular flexibility index (Phi) is 5.33. The second-order valence-corrected chi connectivity index (χ2v) is 7.05. The molecule has 29 heavy (non-hydrogen) atoms. The topological polar surface area (TPSA) is 81.5 Å². The molecule has 4 rings (SSSR count). The van der Waals surface area contributed by atoms with Crippen molar-refractivity contribution in [3.05, 3.63) is 52.5 Å². The van der Waals surface area contributed by atoms with Crippen molar-refractivity contribution in [3.63, 3.8) is 0 Å². The van der Waals surface area contributed by atoms with Crippen LogP contribution in [0.2, 0.25) is 10.0 Å². The van der Waals surface area contributed by atoms with Gasteiger partial charge in [-0.2, -0.15) is 10.2 Å². The minimum Gasteiger partial charge on any atom is -0.470 e. The van der Waals surface area contributed by atoms with Gasteiger partial charge < -0.3 is 4.74 Å². The van der Waals surface area contributed by atoms with Crippen molar-refractivity contribution < 1.29 is 13.5 Å². The fourth-order valence-corrected chi connectivity index (χ4v) is 3.60. The molecule has 0 aromatic carbocycles. The molecule has 0 amide bonds. The van der Waals surface area contributed by atoms with Crippen molar-refractivity contribution >= 4 is 34.2 Å². The van der Waals surface area contributed by atoms with Gasteiger partial charge in [-0.05, 0) is 13.0 Å². The van der Waals surface area contributed by atoms with Gasteiger partial charge in [0.2, 0.25) is 5.88 Å². The first-order chi connectivity index (χ1) is 13.9. The van der Waals surface area contributed by atoms with E-state index >= 15 is 0 Å². The molecule has 7 nitrogen and oxygen atoms in total. The van der Waals surface area contributed by atoms with E-state index in [1.807, 2.05) is 0 Å². The van der Waals surface area contributed by atoms with Gasteiger partial charge in [-0.15, -0.1) is 0 Å².